The van der Waals surface area contributed by atoms with Gasteiger partial charge in [0.2, 0.25) is 0 Å². The molecular formula is C24H32Cl2FN3O4S. The predicted octanol–water partition coefficient (Wildman–Crippen LogP) is 3.98. The van der Waals surface area contributed by atoms with E-state index < -0.39 is 12.2 Å². The molecule has 194 valence electrons. The minimum absolute atomic E-state index is 0.00577. The number of nitrogens with two attached hydrogens (primary N) is 2. The van der Waals surface area contributed by atoms with Crippen molar-refractivity contribution < 1.29 is 23.6 Å². The number of hydrogen-bond donors (Lipinski definition) is 4. The number of aliphatic hydroxyl groups is 2. The number of hydrogen-bond acceptors (Lipinski definition) is 8. The van der Waals surface area contributed by atoms with Gasteiger partial charge in [-0.3, -0.25) is 0 Å². The van der Waals surface area contributed by atoms with Crippen molar-refractivity contribution >= 4 is 35.3 Å². The van der Waals surface area contributed by atoms with Crippen molar-refractivity contribution in [3.8, 4) is 11.5 Å². The van der Waals surface area contributed by atoms with E-state index in [4.69, 9.17) is 44.3 Å². The van der Waals surface area contributed by atoms with Crippen LogP contribution in [0.25, 0.3) is 0 Å². The smallest absolute Gasteiger partial charge is 0.138 e. The van der Waals surface area contributed by atoms with Crippen LogP contribution in [0.2, 0.25) is 5.02 Å². The van der Waals surface area contributed by atoms with Gasteiger partial charge in [-0.15, -0.1) is 11.6 Å². The molecule has 0 fully saturated rings. The first-order valence-electron chi connectivity index (χ1n) is 10.9. The van der Waals surface area contributed by atoms with Gasteiger partial charge in [0.25, 0.3) is 0 Å². The van der Waals surface area contributed by atoms with Gasteiger partial charge in [-0.2, -0.15) is 3.89 Å². The van der Waals surface area contributed by atoms with Crippen molar-refractivity contribution in [2.75, 3.05) is 31.4 Å². The van der Waals surface area contributed by atoms with Crippen LogP contribution in [0.1, 0.15) is 25.0 Å². The Kier molecular flexibility index (Phi) is 11.7. The van der Waals surface area contributed by atoms with E-state index in [2.05, 4.69) is 13.8 Å². The van der Waals surface area contributed by atoms with Crippen LogP contribution in [0.3, 0.4) is 0 Å². The highest BCUT2D eigenvalue weighted by molar-refractivity contribution is 7.94. The quantitative estimate of drug-likeness (QED) is 0.159. The molecule has 0 aliphatic carbocycles. The van der Waals surface area contributed by atoms with Crippen LogP contribution in [-0.4, -0.2) is 58.8 Å². The predicted molar refractivity (Wildman–Crippen MR) is 140 cm³/mol. The van der Waals surface area contributed by atoms with E-state index in [1.807, 2.05) is 36.4 Å². The van der Waals surface area contributed by atoms with Gasteiger partial charge in [-0.1, -0.05) is 43.6 Å². The fourth-order valence-electron chi connectivity index (χ4n) is 3.23. The summed E-state index contributed by atoms with van der Waals surface area (Å²) >= 11 is 12.1. The van der Waals surface area contributed by atoms with Crippen LogP contribution in [0.4, 0.5) is 3.89 Å². The minimum atomic E-state index is -0.869. The first kappa shape index (κ1) is 29.4. The Labute approximate surface area is 220 Å². The molecule has 2 atom stereocenters. The molecule has 2 rings (SSSR count). The van der Waals surface area contributed by atoms with Crippen LogP contribution >= 0.6 is 35.3 Å². The molecule has 2 aromatic carbocycles. The van der Waals surface area contributed by atoms with Gasteiger partial charge in [0.1, 0.15) is 36.9 Å². The van der Waals surface area contributed by atoms with Crippen molar-refractivity contribution in [1.29, 1.82) is 0 Å². The summed E-state index contributed by atoms with van der Waals surface area (Å²) in [6.45, 7) is 4.32. The number of halogens is 3. The van der Waals surface area contributed by atoms with Gasteiger partial charge in [0.05, 0.1) is 35.3 Å². The van der Waals surface area contributed by atoms with Gasteiger partial charge in [0, 0.05) is 17.3 Å². The van der Waals surface area contributed by atoms with Crippen molar-refractivity contribution in [3.05, 3.63) is 70.5 Å². The molecule has 0 bridgehead atoms. The number of hydrazine groups is 1. The Hall–Kier alpha value is -1.88. The Bertz CT molecular complexity index is 966. The maximum atomic E-state index is 12.2. The summed E-state index contributed by atoms with van der Waals surface area (Å²) in [5.41, 5.74) is 7.52. The molecule has 0 aromatic heterocycles. The molecule has 0 spiro atoms. The van der Waals surface area contributed by atoms with E-state index in [1.165, 1.54) is 11.2 Å². The van der Waals surface area contributed by atoms with Crippen molar-refractivity contribution in [2.24, 2.45) is 11.6 Å². The Morgan fingerprint density at radius 1 is 1.11 bits per heavy atom. The first-order valence-corrected chi connectivity index (χ1v) is 12.7. The number of aliphatic hydroxyl groups excluding tert-OH is 2. The molecule has 0 aliphatic rings. The third-order valence-electron chi connectivity index (χ3n) is 5.26. The molecule has 1 unspecified atom stereocenters. The molecule has 0 saturated carbocycles. The van der Waals surface area contributed by atoms with E-state index in [1.54, 1.807) is 6.07 Å². The van der Waals surface area contributed by atoms with E-state index in [-0.39, 0.29) is 54.7 Å². The average Bonchev–Trinajstić information content (AvgIpc) is 2.81. The maximum absolute atomic E-state index is 12.2. The Morgan fingerprint density at radius 2 is 1.74 bits per heavy atom. The minimum Gasteiger partial charge on any atom is -0.491 e. The van der Waals surface area contributed by atoms with Gasteiger partial charge < -0.3 is 30.4 Å². The molecular weight excluding hydrogens is 516 g/mol. The zero-order valence-electron chi connectivity index (χ0n) is 19.7. The summed E-state index contributed by atoms with van der Waals surface area (Å²) in [6.07, 6.45) is -0.255. The summed E-state index contributed by atoms with van der Waals surface area (Å²) in [7, 11) is 0. The zero-order chi connectivity index (χ0) is 26.0. The largest absolute Gasteiger partial charge is 0.491 e. The lowest BCUT2D eigenvalue weighted by molar-refractivity contribution is 0.0817. The van der Waals surface area contributed by atoms with E-state index >= 15 is 0 Å². The summed E-state index contributed by atoms with van der Waals surface area (Å²) in [5.74, 6) is 6.91. The average molecular weight is 549 g/mol. The van der Waals surface area contributed by atoms with Crippen molar-refractivity contribution in [2.45, 2.75) is 31.5 Å². The number of nitrogens with zero attached hydrogens (tertiary/aromatic N) is 1. The van der Waals surface area contributed by atoms with E-state index in [0.717, 1.165) is 11.1 Å². The first-order chi connectivity index (χ1) is 16.6. The lowest BCUT2D eigenvalue weighted by Crippen LogP contribution is -2.37. The summed E-state index contributed by atoms with van der Waals surface area (Å²) in [5, 5.41) is 21.4. The molecule has 11 heteroatoms. The second-order valence-corrected chi connectivity index (χ2v) is 9.76. The van der Waals surface area contributed by atoms with Crippen LogP contribution in [0.5, 0.6) is 11.5 Å². The third kappa shape index (κ3) is 9.25. The van der Waals surface area contributed by atoms with E-state index in [9.17, 15) is 14.1 Å². The molecule has 2 aromatic rings. The van der Waals surface area contributed by atoms with Gasteiger partial charge in [0.15, 0.2) is 0 Å². The number of rotatable bonds is 14. The molecule has 6 N–H and O–H groups in total. The highest BCUT2D eigenvalue weighted by Crippen LogP contribution is 2.36. The second kappa shape index (κ2) is 14.0. The Morgan fingerprint density at radius 3 is 2.34 bits per heavy atom. The molecule has 0 heterocycles. The molecule has 0 amide bonds. The van der Waals surface area contributed by atoms with Gasteiger partial charge in [-0.25, -0.2) is 5.84 Å². The van der Waals surface area contributed by atoms with Crippen molar-refractivity contribution in [1.82, 2.24) is 5.01 Å². The normalized spacial score (nSPS) is 13.9. The summed E-state index contributed by atoms with van der Waals surface area (Å²) in [6, 6.07) is 13.1. The number of benzene rings is 2. The second-order valence-electron chi connectivity index (χ2n) is 8.53. The van der Waals surface area contributed by atoms with Gasteiger partial charge >= 0.3 is 0 Å². The molecule has 7 nitrogen and oxygen atoms in total. The fourth-order valence-corrected chi connectivity index (χ4v) is 3.75. The number of ether oxygens (including phenoxy) is 2. The van der Waals surface area contributed by atoms with Crippen LogP contribution < -0.4 is 21.1 Å². The molecule has 35 heavy (non-hydrogen) atoms. The number of alkyl halides is 1. The topological polar surface area (TPSA) is 114 Å². The van der Waals surface area contributed by atoms with Gasteiger partial charge in [-0.05, 0) is 35.4 Å². The molecule has 0 saturated heterocycles. The zero-order valence-corrected chi connectivity index (χ0v) is 22.0. The summed E-state index contributed by atoms with van der Waals surface area (Å²) < 4.78 is 23.4. The summed E-state index contributed by atoms with van der Waals surface area (Å²) in [4.78, 5) is 0. The SMILES string of the molecule is CC(C)(c1ccc(OC[C@H](O)CN(N)/C=C(\N)CSF)cc1)c1ccc(OCC(O)CCl)c(Cl)c1. The monoisotopic (exact) mass is 547 g/mol. The van der Waals surface area contributed by atoms with E-state index in [0.29, 0.717) is 16.5 Å². The lowest BCUT2D eigenvalue weighted by atomic mass is 9.78. The van der Waals surface area contributed by atoms with Crippen LogP contribution in [0, 0.1) is 0 Å². The fraction of sp³-hybridized carbons (Fsp3) is 0.417. The molecule has 0 aliphatic heterocycles. The maximum Gasteiger partial charge on any atom is 0.138 e. The van der Waals surface area contributed by atoms with Crippen molar-refractivity contribution in [3.63, 3.8) is 0 Å². The Balaban J connectivity index is 1.97. The standard InChI is InChI=1S/C24H32Cl2FN3O4S/c1-24(2,17-5-8-23(22(26)9-17)34-13-19(31)10-25)16-3-6-21(7-4-16)33-14-20(32)12-30(29)11-18(28)15-35-27/h3-9,11,19-20,31-32H,10,12-15,28-29H2,1-2H3/b18-11-/t19?,20-/m1/s1. The third-order valence-corrected chi connectivity index (χ3v) is 6.35. The molecule has 0 radical (unpaired) electrons. The lowest BCUT2D eigenvalue weighted by Gasteiger charge is -2.27. The van der Waals surface area contributed by atoms with Crippen LogP contribution in [-0.2, 0) is 5.41 Å². The van der Waals surface area contributed by atoms with Crippen LogP contribution in [0.15, 0.2) is 54.4 Å². The highest BCUT2D eigenvalue weighted by Gasteiger charge is 2.24. The highest BCUT2D eigenvalue weighted by atomic mass is 35.5.